The average Bonchev–Trinajstić information content (AvgIpc) is 3.15. The van der Waals surface area contributed by atoms with Crippen LogP contribution in [0.25, 0.3) is 0 Å². The van der Waals surface area contributed by atoms with Crippen molar-refractivity contribution in [1.29, 1.82) is 0 Å². The first-order valence-electron chi connectivity index (χ1n) is 7.81. The third-order valence-electron chi connectivity index (χ3n) is 3.69. The van der Waals surface area contributed by atoms with Crippen LogP contribution in [0.2, 0.25) is 0 Å². The molecule has 0 saturated carbocycles. The third-order valence-corrected chi connectivity index (χ3v) is 4.88. The number of hydrogen-bond donors (Lipinski definition) is 1. The van der Waals surface area contributed by atoms with Crippen LogP contribution in [-0.4, -0.2) is 56.1 Å². The summed E-state index contributed by atoms with van der Waals surface area (Å²) in [4.78, 5) is 38.7. The number of hydrogen-bond acceptors (Lipinski definition) is 6. The van der Waals surface area contributed by atoms with Gasteiger partial charge in [0.15, 0.2) is 0 Å². The molecule has 0 spiro atoms. The van der Waals surface area contributed by atoms with E-state index in [4.69, 9.17) is 9.47 Å². The molecule has 8 heteroatoms. The largest absolute Gasteiger partial charge is 0.462 e. The van der Waals surface area contributed by atoms with Crippen LogP contribution in [0.4, 0.5) is 5.00 Å². The van der Waals surface area contributed by atoms with Gasteiger partial charge in [0.1, 0.15) is 11.1 Å². The van der Waals surface area contributed by atoms with E-state index < -0.39 is 12.1 Å². The second-order valence-corrected chi connectivity index (χ2v) is 6.69. The number of nitrogens with zero attached hydrogens (tertiary/aromatic N) is 1. The second kappa shape index (κ2) is 7.76. The summed E-state index contributed by atoms with van der Waals surface area (Å²) in [6.07, 6.45) is 0.959. The quantitative estimate of drug-likeness (QED) is 0.818. The van der Waals surface area contributed by atoms with Crippen molar-refractivity contribution in [2.45, 2.75) is 32.8 Å². The Hall–Kier alpha value is -1.93. The Bertz CT molecular complexity index is 647. The lowest BCUT2D eigenvalue weighted by Gasteiger charge is -2.10. The first kappa shape index (κ1) is 18.4. The predicted octanol–water partition coefficient (Wildman–Crippen LogP) is 2.05. The Kier molecular flexibility index (Phi) is 5.95. The normalized spacial score (nSPS) is 16.8. The minimum Gasteiger partial charge on any atom is -0.462 e. The summed E-state index contributed by atoms with van der Waals surface area (Å²) in [7, 11) is 3.27. The number of amides is 2. The van der Waals surface area contributed by atoms with Crippen molar-refractivity contribution < 1.29 is 23.9 Å². The molecular weight excluding hydrogens is 332 g/mol. The van der Waals surface area contributed by atoms with E-state index in [2.05, 4.69) is 5.32 Å². The van der Waals surface area contributed by atoms with Crippen molar-refractivity contribution in [1.82, 2.24) is 4.90 Å². The summed E-state index contributed by atoms with van der Waals surface area (Å²) in [6.45, 7) is 4.15. The lowest BCUT2D eigenvalue weighted by molar-refractivity contribution is -0.124. The van der Waals surface area contributed by atoms with Gasteiger partial charge in [-0.3, -0.25) is 9.59 Å². The predicted molar refractivity (Wildman–Crippen MR) is 90.6 cm³/mol. The molecule has 0 bridgehead atoms. The smallest absolute Gasteiger partial charge is 0.341 e. The van der Waals surface area contributed by atoms with Gasteiger partial charge in [-0.2, -0.15) is 0 Å². The maximum Gasteiger partial charge on any atom is 0.341 e. The Labute approximate surface area is 144 Å². The SMILES string of the molecule is CCOC(=O)c1c(NC(=O)[C@@H]2CCCO2)sc(C(=O)N(C)C)c1C. The van der Waals surface area contributed by atoms with Crippen LogP contribution in [0.1, 0.15) is 45.4 Å². The van der Waals surface area contributed by atoms with Gasteiger partial charge < -0.3 is 19.7 Å². The summed E-state index contributed by atoms with van der Waals surface area (Å²) in [5, 5.41) is 3.06. The highest BCUT2D eigenvalue weighted by Crippen LogP contribution is 2.34. The van der Waals surface area contributed by atoms with Gasteiger partial charge in [0.2, 0.25) is 0 Å². The van der Waals surface area contributed by atoms with Crippen molar-refractivity contribution in [3.05, 3.63) is 16.0 Å². The zero-order valence-electron chi connectivity index (χ0n) is 14.3. The lowest BCUT2D eigenvalue weighted by atomic mass is 10.1. The van der Waals surface area contributed by atoms with Gasteiger partial charge in [-0.05, 0) is 32.3 Å². The highest BCUT2D eigenvalue weighted by Gasteiger charge is 2.30. The van der Waals surface area contributed by atoms with Crippen molar-refractivity contribution in [3.63, 3.8) is 0 Å². The van der Waals surface area contributed by atoms with Gasteiger partial charge in [-0.15, -0.1) is 11.3 Å². The first-order chi connectivity index (χ1) is 11.4. The van der Waals surface area contributed by atoms with Gasteiger partial charge in [0.05, 0.1) is 17.0 Å². The van der Waals surface area contributed by atoms with E-state index >= 15 is 0 Å². The Morgan fingerprint density at radius 3 is 2.62 bits per heavy atom. The number of ether oxygens (including phenoxy) is 2. The minimum atomic E-state index is -0.549. The third kappa shape index (κ3) is 3.76. The highest BCUT2D eigenvalue weighted by atomic mass is 32.1. The minimum absolute atomic E-state index is 0.213. The number of carbonyl (C=O) groups excluding carboxylic acids is 3. The summed E-state index contributed by atoms with van der Waals surface area (Å²) >= 11 is 1.08. The first-order valence-corrected chi connectivity index (χ1v) is 8.63. The maximum atomic E-state index is 12.3. The maximum absolute atomic E-state index is 12.3. The van der Waals surface area contributed by atoms with Crippen LogP contribution >= 0.6 is 11.3 Å². The van der Waals surface area contributed by atoms with E-state index in [9.17, 15) is 14.4 Å². The zero-order valence-corrected chi connectivity index (χ0v) is 15.1. The average molecular weight is 354 g/mol. The van der Waals surface area contributed by atoms with E-state index in [0.717, 1.165) is 17.8 Å². The molecule has 0 aromatic carbocycles. The number of rotatable bonds is 5. The molecule has 1 aromatic rings. The number of carbonyl (C=O) groups is 3. The summed E-state index contributed by atoms with van der Waals surface area (Å²) in [6, 6.07) is 0. The van der Waals surface area contributed by atoms with Crippen LogP contribution in [0.15, 0.2) is 0 Å². The number of thiophene rings is 1. The summed E-state index contributed by atoms with van der Waals surface area (Å²) < 4.78 is 10.4. The van der Waals surface area contributed by atoms with Crippen LogP contribution in [0, 0.1) is 6.92 Å². The molecule has 1 aromatic heterocycles. The molecule has 132 valence electrons. The molecule has 2 heterocycles. The van der Waals surface area contributed by atoms with Gasteiger partial charge in [0, 0.05) is 20.7 Å². The molecule has 2 rings (SSSR count). The number of anilines is 1. The lowest BCUT2D eigenvalue weighted by Crippen LogP contribution is -2.27. The summed E-state index contributed by atoms with van der Waals surface area (Å²) in [5.74, 6) is -1.07. The molecule has 1 atom stereocenters. The molecule has 1 aliphatic heterocycles. The Balaban J connectivity index is 2.36. The van der Waals surface area contributed by atoms with Gasteiger partial charge in [-0.25, -0.2) is 4.79 Å². The molecule has 1 aliphatic rings. The molecule has 2 amide bonds. The van der Waals surface area contributed by atoms with E-state index in [0.29, 0.717) is 28.5 Å². The number of esters is 1. The molecule has 1 saturated heterocycles. The van der Waals surface area contributed by atoms with E-state index in [1.807, 2.05) is 0 Å². The molecule has 0 radical (unpaired) electrons. The molecule has 0 unspecified atom stereocenters. The van der Waals surface area contributed by atoms with E-state index in [-0.39, 0.29) is 24.0 Å². The molecular formula is C16H22N2O5S. The standard InChI is InChI=1S/C16H22N2O5S/c1-5-22-16(21)11-9(2)12(15(20)18(3)4)24-14(11)17-13(19)10-7-6-8-23-10/h10H,5-8H2,1-4H3,(H,17,19)/t10-/m0/s1. The highest BCUT2D eigenvalue weighted by molar-refractivity contribution is 7.18. The number of nitrogens with one attached hydrogen (secondary N) is 1. The second-order valence-electron chi connectivity index (χ2n) is 5.67. The van der Waals surface area contributed by atoms with Crippen molar-refractivity contribution in [3.8, 4) is 0 Å². The van der Waals surface area contributed by atoms with Gasteiger partial charge in [0.25, 0.3) is 11.8 Å². The van der Waals surface area contributed by atoms with Crippen LogP contribution in [-0.2, 0) is 14.3 Å². The fourth-order valence-corrected chi connectivity index (χ4v) is 3.65. The molecule has 1 fully saturated rings. The molecule has 7 nitrogen and oxygen atoms in total. The van der Waals surface area contributed by atoms with Crippen molar-refractivity contribution in [2.75, 3.05) is 32.6 Å². The molecule has 1 N–H and O–H groups in total. The van der Waals surface area contributed by atoms with Crippen molar-refractivity contribution >= 4 is 34.1 Å². The monoisotopic (exact) mass is 354 g/mol. The van der Waals surface area contributed by atoms with Crippen molar-refractivity contribution in [2.24, 2.45) is 0 Å². The Morgan fingerprint density at radius 1 is 1.38 bits per heavy atom. The van der Waals surface area contributed by atoms with Crippen LogP contribution in [0.5, 0.6) is 0 Å². The van der Waals surface area contributed by atoms with E-state index in [1.165, 1.54) is 4.90 Å². The van der Waals surface area contributed by atoms with Crippen LogP contribution in [0.3, 0.4) is 0 Å². The Morgan fingerprint density at radius 2 is 2.08 bits per heavy atom. The van der Waals surface area contributed by atoms with E-state index in [1.54, 1.807) is 27.9 Å². The fraction of sp³-hybridized carbons (Fsp3) is 0.562. The van der Waals surface area contributed by atoms with Gasteiger partial charge >= 0.3 is 5.97 Å². The summed E-state index contributed by atoms with van der Waals surface area (Å²) in [5.41, 5.74) is 0.748. The topological polar surface area (TPSA) is 84.9 Å². The van der Waals surface area contributed by atoms with Gasteiger partial charge in [-0.1, -0.05) is 0 Å². The zero-order chi connectivity index (χ0) is 17.9. The molecule has 24 heavy (non-hydrogen) atoms. The molecule has 0 aliphatic carbocycles. The van der Waals surface area contributed by atoms with Crippen LogP contribution < -0.4 is 5.32 Å². The fourth-order valence-electron chi connectivity index (χ4n) is 2.43.